The maximum absolute atomic E-state index is 13.9. The maximum Gasteiger partial charge on any atom is 0.295 e. The molecule has 14 rings (SSSR count). The Balaban J connectivity index is 0.000000154. The summed E-state index contributed by atoms with van der Waals surface area (Å²) < 4.78 is 18.7. The molecule has 0 unspecified atom stereocenters. The molecule has 0 bridgehead atoms. The number of rotatable bonds is 15. The van der Waals surface area contributed by atoms with Gasteiger partial charge in [-0.25, -0.2) is 10.5 Å². The normalized spacial score (nSPS) is 16.8. The number of carbonyl (C=O) groups excluding carboxylic acids is 6. The van der Waals surface area contributed by atoms with Crippen molar-refractivity contribution in [3.63, 3.8) is 0 Å². The number of Topliss-reactive ketones (excluding diaryl/α,β-unsaturated/α-hetero) is 2. The number of benzene rings is 8. The van der Waals surface area contributed by atoms with Gasteiger partial charge in [-0.3, -0.25) is 47.8 Å². The number of nitrogens with two attached hydrogens (primary N) is 2. The smallest absolute Gasteiger partial charge is 0.295 e. The Kier molecular flexibility index (Phi) is 21.8. The number of aromatic nitrogens is 2. The lowest BCUT2D eigenvalue weighted by Crippen LogP contribution is -2.54. The second-order valence-corrected chi connectivity index (χ2v) is 28.7. The first-order valence-electron chi connectivity index (χ1n) is 33.5. The molecule has 0 spiro atoms. The van der Waals surface area contributed by atoms with Gasteiger partial charge in [0, 0.05) is 117 Å². The van der Waals surface area contributed by atoms with Gasteiger partial charge in [-0.15, -0.1) is 0 Å². The fourth-order valence-corrected chi connectivity index (χ4v) is 16.3. The molecule has 4 aliphatic rings. The van der Waals surface area contributed by atoms with Gasteiger partial charge in [0.15, 0.2) is 0 Å². The number of nitrogen functional groups attached to an aromatic ring is 1. The van der Waals surface area contributed by atoms with Crippen molar-refractivity contribution in [3.05, 3.63) is 273 Å². The van der Waals surface area contributed by atoms with Crippen LogP contribution in [0.2, 0.25) is 10.0 Å². The van der Waals surface area contributed by atoms with Crippen LogP contribution in [0.1, 0.15) is 115 Å². The average Bonchev–Trinajstić information content (AvgIpc) is 1.70. The summed E-state index contributed by atoms with van der Waals surface area (Å²) in [5.41, 5.74) is 7.03. The third-order valence-electron chi connectivity index (χ3n) is 19.2. The number of nitrogens with one attached hydrogen (secondary N) is 1. The number of H-pyrrole nitrogens is 1. The van der Waals surface area contributed by atoms with Crippen LogP contribution >= 0.6 is 30.6 Å². The Morgan fingerprint density at radius 3 is 1.22 bits per heavy atom. The minimum Gasteiger partial charge on any atom is -0.360 e. The van der Waals surface area contributed by atoms with Crippen LogP contribution in [0.15, 0.2) is 219 Å². The molecule has 99 heavy (non-hydrogen) atoms. The number of ketones is 2. The molecule has 10 aromatic rings. The predicted octanol–water partition coefficient (Wildman–Crippen LogP) is 12.1. The summed E-state index contributed by atoms with van der Waals surface area (Å²) >= 11 is 13.3. The molecule has 0 saturated carbocycles. The van der Waals surface area contributed by atoms with Crippen LogP contribution in [0, 0.1) is 0 Å². The van der Waals surface area contributed by atoms with Crippen molar-refractivity contribution in [1.82, 2.24) is 39.1 Å². The number of piperazine rings is 2. The van der Waals surface area contributed by atoms with Gasteiger partial charge in [-0.2, -0.15) is 0 Å². The van der Waals surface area contributed by atoms with Gasteiger partial charge in [-0.1, -0.05) is 181 Å². The monoisotopic (exact) mass is 1380 g/mol. The molecule has 4 aliphatic heterocycles. The SMILES string of the molecule is C[C@@H]1CN(C(c2ccccc2)c2ccccc2)CCN1C(=O)c1cc2c(C(=O)C(=O)N3CCCC3)c[nH]c2cc1Cl.C[C@@H]1CN(C(c2ccccc2)c2ccccc2)CCN1C(=O)c1cc2c(C(=O)C(=O)N3CCCC3)cn(N)c2cc1Cl.NOP(=O)(c1ccccc1)c1ccccc1. The molecule has 18 nitrogen and oxygen atoms in total. The van der Waals surface area contributed by atoms with Crippen LogP contribution in [0.3, 0.4) is 0 Å². The van der Waals surface area contributed by atoms with Crippen molar-refractivity contribution in [2.75, 3.05) is 71.3 Å². The molecular weight excluding hydrogens is 1310 g/mol. The molecular formula is C78H79Cl2N10O8P. The quantitative estimate of drug-likeness (QED) is 0.0287. The van der Waals surface area contributed by atoms with Crippen LogP contribution in [-0.2, 0) is 18.8 Å². The number of likely N-dealkylation sites (tertiary alicyclic amines) is 2. The van der Waals surface area contributed by atoms with Gasteiger partial charge >= 0.3 is 0 Å². The van der Waals surface area contributed by atoms with E-state index in [1.54, 1.807) is 64.5 Å². The fraction of sp³-hybridized carbons (Fsp3) is 0.256. The van der Waals surface area contributed by atoms with Gasteiger partial charge in [0.1, 0.15) is 0 Å². The molecule has 6 heterocycles. The van der Waals surface area contributed by atoms with E-state index in [4.69, 9.17) is 39.6 Å². The van der Waals surface area contributed by atoms with E-state index in [0.29, 0.717) is 114 Å². The summed E-state index contributed by atoms with van der Waals surface area (Å²) in [4.78, 5) is 94.6. The Labute approximate surface area is 586 Å². The van der Waals surface area contributed by atoms with Crippen molar-refractivity contribution in [2.45, 2.75) is 63.7 Å². The molecule has 2 atom stereocenters. The van der Waals surface area contributed by atoms with E-state index in [1.165, 1.54) is 33.1 Å². The van der Waals surface area contributed by atoms with Crippen molar-refractivity contribution in [1.29, 1.82) is 0 Å². The van der Waals surface area contributed by atoms with E-state index in [0.717, 1.165) is 25.7 Å². The lowest BCUT2D eigenvalue weighted by molar-refractivity contribution is -0.126. The maximum atomic E-state index is 13.9. The summed E-state index contributed by atoms with van der Waals surface area (Å²) in [7, 11) is -3.13. The van der Waals surface area contributed by atoms with Gasteiger partial charge in [0.05, 0.1) is 49.9 Å². The summed E-state index contributed by atoms with van der Waals surface area (Å²) in [5.74, 6) is 8.75. The Bertz CT molecular complexity index is 4450. The molecule has 508 valence electrons. The van der Waals surface area contributed by atoms with Crippen molar-refractivity contribution in [3.8, 4) is 0 Å². The third-order valence-corrected chi connectivity index (χ3v) is 22.1. The number of aromatic amines is 1. The molecule has 8 aromatic carbocycles. The number of nitrogens with zero attached hydrogens (tertiary/aromatic N) is 7. The van der Waals surface area contributed by atoms with E-state index >= 15 is 0 Å². The average molecular weight is 1390 g/mol. The Morgan fingerprint density at radius 1 is 0.475 bits per heavy atom. The second-order valence-electron chi connectivity index (χ2n) is 25.5. The van der Waals surface area contributed by atoms with Crippen LogP contribution < -0.4 is 22.3 Å². The zero-order chi connectivity index (χ0) is 69.3. The summed E-state index contributed by atoms with van der Waals surface area (Å²) in [6, 6.07) is 66.2. The number of carbonyl (C=O) groups is 6. The van der Waals surface area contributed by atoms with Gasteiger partial charge in [0.2, 0.25) is 0 Å². The second kappa shape index (κ2) is 31.2. The lowest BCUT2D eigenvalue weighted by Gasteiger charge is -2.43. The first-order chi connectivity index (χ1) is 48.0. The topological polar surface area (TPSA) is 221 Å². The largest absolute Gasteiger partial charge is 0.360 e. The summed E-state index contributed by atoms with van der Waals surface area (Å²) in [5, 5.41) is 2.75. The Hall–Kier alpha value is -9.49. The van der Waals surface area contributed by atoms with E-state index in [2.05, 4.69) is 119 Å². The summed E-state index contributed by atoms with van der Waals surface area (Å²) in [6.07, 6.45) is 6.57. The van der Waals surface area contributed by atoms with Gasteiger partial charge < -0.3 is 30.4 Å². The molecule has 4 amide bonds. The molecule has 4 saturated heterocycles. The lowest BCUT2D eigenvalue weighted by atomic mass is 9.95. The number of amides is 4. The first kappa shape index (κ1) is 69.4. The standard InChI is InChI=1S/C33H34ClN5O3.C33H33ClN4O3.C12H12NO2P/c1-22-20-37(30(23-10-4-2-5-11-23)24-12-6-3-7-13-24)16-17-38(22)32(41)26-18-25-27(21-39(35)29(25)19-28(26)34)31(40)33(42)36-14-8-9-15-36;1-22-21-37(30(23-10-4-2-5-11-23)24-12-6-3-7-13-24)16-17-38(22)32(40)26-18-25-27(20-35-29(25)19-28(26)34)31(39)33(41)36-14-8-9-15-36;13-15-16(14,11-7-3-1-4-8-11)12-9-5-2-6-10-12/h2-7,10-13,18-19,21-22,30H,8-9,14-17,20,35H2,1H3;2-7,10-13,18-20,22,30,35H,8-9,14-17,21H2,1H3;1-10H,13H2/t2*22-;/m11./s1. The van der Waals surface area contributed by atoms with E-state index < -0.39 is 30.7 Å². The van der Waals surface area contributed by atoms with Gasteiger partial charge in [0.25, 0.3) is 42.6 Å². The highest BCUT2D eigenvalue weighted by Gasteiger charge is 2.38. The fourth-order valence-electron chi connectivity index (χ4n) is 14.1. The van der Waals surface area contributed by atoms with Crippen LogP contribution in [0.4, 0.5) is 0 Å². The zero-order valence-corrected chi connectivity index (χ0v) is 57.7. The molecule has 0 radical (unpaired) electrons. The predicted molar refractivity (Wildman–Crippen MR) is 389 cm³/mol. The minimum atomic E-state index is -3.13. The van der Waals surface area contributed by atoms with Crippen LogP contribution in [-0.4, -0.2) is 152 Å². The minimum absolute atomic E-state index is 0.0676. The van der Waals surface area contributed by atoms with E-state index in [9.17, 15) is 33.3 Å². The number of hydrogen-bond acceptors (Lipinski definition) is 12. The number of hydrogen-bond donors (Lipinski definition) is 3. The molecule has 5 N–H and O–H groups in total. The van der Waals surface area contributed by atoms with E-state index in [-0.39, 0.29) is 52.1 Å². The molecule has 2 aromatic heterocycles. The zero-order valence-electron chi connectivity index (χ0n) is 55.2. The van der Waals surface area contributed by atoms with Crippen LogP contribution in [0.5, 0.6) is 0 Å². The Morgan fingerprint density at radius 2 is 0.838 bits per heavy atom. The molecule has 0 aliphatic carbocycles. The number of fused-ring (bicyclic) bond motifs is 2. The van der Waals surface area contributed by atoms with Gasteiger partial charge in [-0.05, 0) is 110 Å². The highest BCUT2D eigenvalue weighted by atomic mass is 35.5. The third kappa shape index (κ3) is 14.9. The highest BCUT2D eigenvalue weighted by molar-refractivity contribution is 7.74. The van der Waals surface area contributed by atoms with E-state index in [1.807, 2.05) is 77.4 Å². The molecule has 21 heteroatoms. The van der Waals surface area contributed by atoms with Crippen molar-refractivity contribution in [2.24, 2.45) is 5.90 Å². The summed E-state index contributed by atoms with van der Waals surface area (Å²) in [6.45, 7) is 10.2. The van der Waals surface area contributed by atoms with Crippen molar-refractivity contribution < 1.29 is 38.0 Å². The molecule has 4 fully saturated rings. The highest BCUT2D eigenvalue weighted by Crippen LogP contribution is 2.43. The number of halogens is 2. The first-order valence-corrected chi connectivity index (χ1v) is 35.9. The van der Waals surface area contributed by atoms with Crippen molar-refractivity contribution >= 4 is 98.2 Å². The van der Waals surface area contributed by atoms with Crippen LogP contribution in [0.25, 0.3) is 21.8 Å².